The molecule has 1 atom stereocenters. The number of hydrogen-bond acceptors (Lipinski definition) is 4. The Morgan fingerprint density at radius 3 is 2.67 bits per heavy atom. The van der Waals surface area contributed by atoms with Crippen molar-refractivity contribution in [2.45, 2.75) is 63.8 Å². The number of nitrogens with zero attached hydrogens (tertiary/aromatic N) is 4. The lowest BCUT2D eigenvalue weighted by Gasteiger charge is -2.41. The van der Waals surface area contributed by atoms with E-state index in [0.29, 0.717) is 12.0 Å². The molecule has 1 aliphatic carbocycles. The molecule has 4 heteroatoms. The largest absolute Gasteiger partial charge is 0.325 e. The standard InChI is InChI=1S/C23H30N4/c1-16(2)26-12-10-23(11-13-26)14-27(20-7-5-4-6-18(20)23)22-21-17(3)8-9-19(21)24-15-25-22/h4-7,15-17H,8-14H2,1-3H3. The van der Waals surface area contributed by atoms with Crippen LogP contribution in [0.2, 0.25) is 0 Å². The molecule has 27 heavy (non-hydrogen) atoms. The van der Waals surface area contributed by atoms with Crippen LogP contribution in [-0.2, 0) is 11.8 Å². The minimum Gasteiger partial charge on any atom is -0.325 e. The van der Waals surface area contributed by atoms with Crippen LogP contribution in [0.15, 0.2) is 30.6 Å². The fraction of sp³-hybridized carbons (Fsp3) is 0.565. The van der Waals surface area contributed by atoms with Crippen molar-refractivity contribution in [3.63, 3.8) is 0 Å². The van der Waals surface area contributed by atoms with Crippen LogP contribution in [-0.4, -0.2) is 40.5 Å². The molecule has 1 unspecified atom stereocenters. The van der Waals surface area contributed by atoms with Crippen LogP contribution < -0.4 is 4.90 Å². The van der Waals surface area contributed by atoms with Gasteiger partial charge in [-0.05, 0) is 70.2 Å². The number of para-hydroxylation sites is 1. The number of rotatable bonds is 2. The molecule has 1 aromatic carbocycles. The summed E-state index contributed by atoms with van der Waals surface area (Å²) in [6.07, 6.45) is 6.55. The topological polar surface area (TPSA) is 32.3 Å². The molecular formula is C23H30N4. The van der Waals surface area contributed by atoms with Crippen molar-refractivity contribution in [2.24, 2.45) is 0 Å². The first-order chi connectivity index (χ1) is 13.1. The average molecular weight is 363 g/mol. The summed E-state index contributed by atoms with van der Waals surface area (Å²) in [4.78, 5) is 14.5. The van der Waals surface area contributed by atoms with E-state index in [1.165, 1.54) is 60.7 Å². The second-order valence-electron chi connectivity index (χ2n) is 9.01. The van der Waals surface area contributed by atoms with E-state index in [2.05, 4.69) is 59.8 Å². The van der Waals surface area contributed by atoms with Crippen molar-refractivity contribution in [3.8, 4) is 0 Å². The molecule has 0 N–H and O–H groups in total. The maximum atomic E-state index is 4.81. The zero-order chi connectivity index (χ0) is 18.6. The summed E-state index contributed by atoms with van der Waals surface area (Å²) in [6, 6.07) is 9.70. The minimum atomic E-state index is 0.266. The maximum absolute atomic E-state index is 4.81. The maximum Gasteiger partial charge on any atom is 0.140 e. The monoisotopic (exact) mass is 362 g/mol. The second kappa shape index (κ2) is 6.30. The van der Waals surface area contributed by atoms with Crippen LogP contribution in [0.25, 0.3) is 0 Å². The highest BCUT2D eigenvalue weighted by Gasteiger charge is 2.46. The Morgan fingerprint density at radius 1 is 1.11 bits per heavy atom. The van der Waals surface area contributed by atoms with Crippen molar-refractivity contribution in [1.82, 2.24) is 14.9 Å². The van der Waals surface area contributed by atoms with Gasteiger partial charge in [0, 0.05) is 34.9 Å². The molecule has 0 saturated carbocycles. The molecule has 0 amide bonds. The minimum absolute atomic E-state index is 0.266. The summed E-state index contributed by atoms with van der Waals surface area (Å²) in [5.74, 6) is 1.73. The van der Waals surface area contributed by atoms with E-state index in [1.54, 1.807) is 6.33 Å². The molecule has 2 aromatic rings. The van der Waals surface area contributed by atoms with Crippen molar-refractivity contribution in [1.29, 1.82) is 0 Å². The molecule has 1 saturated heterocycles. The number of benzene rings is 1. The van der Waals surface area contributed by atoms with Crippen LogP contribution in [0.5, 0.6) is 0 Å². The molecule has 0 radical (unpaired) electrons. The highest BCUT2D eigenvalue weighted by Crippen LogP contribution is 2.51. The van der Waals surface area contributed by atoms with E-state index in [0.717, 1.165) is 13.0 Å². The van der Waals surface area contributed by atoms with E-state index in [-0.39, 0.29) is 5.41 Å². The lowest BCUT2D eigenvalue weighted by molar-refractivity contribution is 0.136. The van der Waals surface area contributed by atoms with Gasteiger partial charge in [0.2, 0.25) is 0 Å². The first kappa shape index (κ1) is 17.2. The van der Waals surface area contributed by atoms with E-state index in [9.17, 15) is 0 Å². The highest BCUT2D eigenvalue weighted by molar-refractivity contribution is 5.73. The Hall–Kier alpha value is -1.94. The fourth-order valence-electron chi connectivity index (χ4n) is 5.55. The molecule has 3 aliphatic rings. The van der Waals surface area contributed by atoms with Crippen molar-refractivity contribution in [3.05, 3.63) is 47.4 Å². The van der Waals surface area contributed by atoms with E-state index in [4.69, 9.17) is 4.98 Å². The summed E-state index contributed by atoms with van der Waals surface area (Å²) in [5, 5.41) is 0. The van der Waals surface area contributed by atoms with Gasteiger partial charge in [-0.3, -0.25) is 0 Å². The Balaban J connectivity index is 1.55. The third-order valence-electron chi connectivity index (χ3n) is 7.22. The summed E-state index contributed by atoms with van der Waals surface area (Å²) in [6.45, 7) is 10.4. The number of piperidine rings is 1. The highest BCUT2D eigenvalue weighted by atomic mass is 15.2. The molecule has 4 nitrogen and oxygen atoms in total. The third kappa shape index (κ3) is 2.60. The van der Waals surface area contributed by atoms with E-state index < -0.39 is 0 Å². The zero-order valence-electron chi connectivity index (χ0n) is 16.8. The van der Waals surface area contributed by atoms with Gasteiger partial charge in [0.05, 0.1) is 0 Å². The van der Waals surface area contributed by atoms with Crippen molar-refractivity contribution >= 4 is 11.5 Å². The number of aromatic nitrogens is 2. The molecule has 1 fully saturated rings. The predicted molar refractivity (Wildman–Crippen MR) is 110 cm³/mol. The fourth-order valence-corrected chi connectivity index (χ4v) is 5.55. The number of aryl methyl sites for hydroxylation is 1. The molecule has 2 aliphatic heterocycles. The van der Waals surface area contributed by atoms with Crippen LogP contribution in [0.4, 0.5) is 11.5 Å². The van der Waals surface area contributed by atoms with E-state index in [1.807, 2.05) is 0 Å². The first-order valence-electron chi connectivity index (χ1n) is 10.5. The number of likely N-dealkylation sites (tertiary alicyclic amines) is 1. The van der Waals surface area contributed by atoms with Gasteiger partial charge in [-0.1, -0.05) is 25.1 Å². The number of fused-ring (bicyclic) bond motifs is 3. The smallest absolute Gasteiger partial charge is 0.140 e. The van der Waals surface area contributed by atoms with Crippen LogP contribution >= 0.6 is 0 Å². The normalized spacial score (nSPS) is 23.9. The zero-order valence-corrected chi connectivity index (χ0v) is 16.8. The Morgan fingerprint density at radius 2 is 1.89 bits per heavy atom. The van der Waals surface area contributed by atoms with Gasteiger partial charge < -0.3 is 9.80 Å². The molecule has 1 spiro atoms. The van der Waals surface area contributed by atoms with Crippen LogP contribution in [0.1, 0.15) is 62.8 Å². The molecule has 142 valence electrons. The van der Waals surface area contributed by atoms with Gasteiger partial charge in [0.1, 0.15) is 12.1 Å². The van der Waals surface area contributed by atoms with Crippen LogP contribution in [0, 0.1) is 0 Å². The molecular weight excluding hydrogens is 332 g/mol. The quantitative estimate of drug-likeness (QED) is 0.792. The summed E-state index contributed by atoms with van der Waals surface area (Å²) in [7, 11) is 0. The molecule has 0 bridgehead atoms. The van der Waals surface area contributed by atoms with Crippen LogP contribution in [0.3, 0.4) is 0 Å². The predicted octanol–water partition coefficient (Wildman–Crippen LogP) is 4.42. The molecule has 3 heterocycles. The Labute approximate surface area is 162 Å². The summed E-state index contributed by atoms with van der Waals surface area (Å²) in [5.41, 5.74) is 5.83. The Kier molecular flexibility index (Phi) is 4.01. The lowest BCUT2D eigenvalue weighted by atomic mass is 9.74. The number of hydrogen-bond donors (Lipinski definition) is 0. The average Bonchev–Trinajstić information content (AvgIpc) is 3.22. The molecule has 5 rings (SSSR count). The molecule has 1 aromatic heterocycles. The van der Waals surface area contributed by atoms with Crippen molar-refractivity contribution < 1.29 is 0 Å². The van der Waals surface area contributed by atoms with Gasteiger partial charge in [0.25, 0.3) is 0 Å². The van der Waals surface area contributed by atoms with Crippen molar-refractivity contribution in [2.75, 3.05) is 24.5 Å². The third-order valence-corrected chi connectivity index (χ3v) is 7.22. The summed E-state index contributed by atoms with van der Waals surface area (Å²) < 4.78 is 0. The van der Waals surface area contributed by atoms with Gasteiger partial charge >= 0.3 is 0 Å². The van der Waals surface area contributed by atoms with Gasteiger partial charge in [-0.15, -0.1) is 0 Å². The van der Waals surface area contributed by atoms with Gasteiger partial charge in [0.15, 0.2) is 0 Å². The van der Waals surface area contributed by atoms with E-state index >= 15 is 0 Å². The lowest BCUT2D eigenvalue weighted by Crippen LogP contribution is -2.47. The van der Waals surface area contributed by atoms with Gasteiger partial charge in [-0.2, -0.15) is 0 Å². The SMILES string of the molecule is CC1CCc2ncnc(N3CC4(CCN(C(C)C)CC4)c4ccccc43)c21. The number of anilines is 2. The van der Waals surface area contributed by atoms with Gasteiger partial charge in [-0.25, -0.2) is 9.97 Å². The summed E-state index contributed by atoms with van der Waals surface area (Å²) >= 11 is 0. The Bertz CT molecular complexity index is 851. The first-order valence-corrected chi connectivity index (χ1v) is 10.5. The second-order valence-corrected chi connectivity index (χ2v) is 9.01.